The van der Waals surface area contributed by atoms with Crippen molar-refractivity contribution in [3.8, 4) is 11.5 Å². The maximum atomic E-state index is 12.0. The number of piperazine rings is 1. The zero-order valence-electron chi connectivity index (χ0n) is 15.1. The summed E-state index contributed by atoms with van der Waals surface area (Å²) in [4.78, 5) is 26.2. The molecule has 0 radical (unpaired) electrons. The summed E-state index contributed by atoms with van der Waals surface area (Å²) in [6.45, 7) is 5.03. The zero-order chi connectivity index (χ0) is 18.9. The van der Waals surface area contributed by atoms with Crippen molar-refractivity contribution in [2.24, 2.45) is 0 Å². The highest BCUT2D eigenvalue weighted by atomic mass is 16.5. The van der Waals surface area contributed by atoms with E-state index in [-0.39, 0.29) is 0 Å². The van der Waals surface area contributed by atoms with Crippen molar-refractivity contribution in [1.29, 1.82) is 0 Å². The first-order valence-electron chi connectivity index (χ1n) is 9.06. The SMILES string of the molecule is O=C(NCCN1CCNCC1)C(=O)Nc1ccc(Oc2ccccc2)cc1. The molecular weight excluding hydrogens is 344 g/mol. The molecule has 3 rings (SSSR count). The number of hydrogen-bond acceptors (Lipinski definition) is 5. The molecule has 0 spiro atoms. The number of hydrogen-bond donors (Lipinski definition) is 3. The van der Waals surface area contributed by atoms with Crippen molar-refractivity contribution in [2.75, 3.05) is 44.6 Å². The van der Waals surface area contributed by atoms with Crippen molar-refractivity contribution in [3.05, 3.63) is 54.6 Å². The van der Waals surface area contributed by atoms with E-state index in [1.54, 1.807) is 24.3 Å². The summed E-state index contributed by atoms with van der Waals surface area (Å²) in [6.07, 6.45) is 0. The van der Waals surface area contributed by atoms with E-state index in [0.29, 0.717) is 18.0 Å². The van der Waals surface area contributed by atoms with Gasteiger partial charge in [0.25, 0.3) is 0 Å². The highest BCUT2D eigenvalue weighted by molar-refractivity contribution is 6.39. The fourth-order valence-corrected chi connectivity index (χ4v) is 2.76. The molecule has 0 aliphatic carbocycles. The van der Waals surface area contributed by atoms with Gasteiger partial charge in [0.05, 0.1) is 0 Å². The number of nitrogens with one attached hydrogen (secondary N) is 3. The number of nitrogens with zero attached hydrogens (tertiary/aromatic N) is 1. The molecule has 0 aromatic heterocycles. The van der Waals surface area contributed by atoms with Crippen molar-refractivity contribution < 1.29 is 14.3 Å². The van der Waals surface area contributed by atoms with Gasteiger partial charge in [-0.1, -0.05) is 18.2 Å². The molecule has 7 heteroatoms. The monoisotopic (exact) mass is 368 g/mol. The quantitative estimate of drug-likeness (QED) is 0.672. The van der Waals surface area contributed by atoms with Crippen molar-refractivity contribution in [3.63, 3.8) is 0 Å². The Kier molecular flexibility index (Phi) is 6.78. The molecule has 7 nitrogen and oxygen atoms in total. The number of amides is 2. The number of carbonyl (C=O) groups is 2. The van der Waals surface area contributed by atoms with Gasteiger partial charge in [-0.25, -0.2) is 0 Å². The Hall–Kier alpha value is -2.90. The summed E-state index contributed by atoms with van der Waals surface area (Å²) in [5.74, 6) is 0.0830. The number of para-hydroxylation sites is 1. The Morgan fingerprint density at radius 1 is 0.926 bits per heavy atom. The Labute approximate surface area is 158 Å². The predicted octanol–water partition coefficient (Wildman–Crippen LogP) is 1.44. The van der Waals surface area contributed by atoms with E-state index in [0.717, 1.165) is 38.5 Å². The summed E-state index contributed by atoms with van der Waals surface area (Å²) in [6, 6.07) is 16.3. The summed E-state index contributed by atoms with van der Waals surface area (Å²) in [7, 11) is 0. The van der Waals surface area contributed by atoms with E-state index in [2.05, 4.69) is 20.9 Å². The molecule has 0 unspecified atom stereocenters. The van der Waals surface area contributed by atoms with Crippen LogP contribution in [-0.4, -0.2) is 56.0 Å². The minimum atomic E-state index is -0.674. The van der Waals surface area contributed by atoms with E-state index in [1.165, 1.54) is 0 Å². The number of carbonyl (C=O) groups excluding carboxylic acids is 2. The fraction of sp³-hybridized carbons (Fsp3) is 0.300. The van der Waals surface area contributed by atoms with E-state index in [4.69, 9.17) is 4.74 Å². The Morgan fingerprint density at radius 2 is 1.59 bits per heavy atom. The molecule has 1 heterocycles. The van der Waals surface area contributed by atoms with Crippen molar-refractivity contribution in [1.82, 2.24) is 15.5 Å². The van der Waals surface area contributed by atoms with Crippen LogP contribution in [0.1, 0.15) is 0 Å². The van der Waals surface area contributed by atoms with Crippen LogP contribution in [0.4, 0.5) is 5.69 Å². The van der Waals surface area contributed by atoms with Gasteiger partial charge in [0.1, 0.15) is 11.5 Å². The lowest BCUT2D eigenvalue weighted by molar-refractivity contribution is -0.136. The molecule has 2 amide bonds. The molecule has 1 saturated heterocycles. The van der Waals surface area contributed by atoms with Crippen LogP contribution in [0.3, 0.4) is 0 Å². The second-order valence-corrected chi connectivity index (χ2v) is 6.24. The smallest absolute Gasteiger partial charge is 0.313 e. The van der Waals surface area contributed by atoms with Gasteiger partial charge in [-0.3, -0.25) is 14.5 Å². The summed E-state index contributed by atoms with van der Waals surface area (Å²) < 4.78 is 5.70. The van der Waals surface area contributed by atoms with Crippen molar-refractivity contribution >= 4 is 17.5 Å². The van der Waals surface area contributed by atoms with Crippen LogP contribution >= 0.6 is 0 Å². The summed E-state index contributed by atoms with van der Waals surface area (Å²) >= 11 is 0. The van der Waals surface area contributed by atoms with Gasteiger partial charge < -0.3 is 20.7 Å². The normalized spacial score (nSPS) is 14.4. The van der Waals surface area contributed by atoms with Gasteiger partial charge in [0.15, 0.2) is 0 Å². The maximum Gasteiger partial charge on any atom is 0.313 e. The highest BCUT2D eigenvalue weighted by Crippen LogP contribution is 2.22. The Bertz CT molecular complexity index is 744. The molecule has 27 heavy (non-hydrogen) atoms. The topological polar surface area (TPSA) is 82.7 Å². The van der Waals surface area contributed by atoms with Gasteiger partial charge in [-0.05, 0) is 36.4 Å². The van der Waals surface area contributed by atoms with Crippen molar-refractivity contribution in [2.45, 2.75) is 0 Å². The van der Waals surface area contributed by atoms with Crippen LogP contribution in [-0.2, 0) is 9.59 Å². The maximum absolute atomic E-state index is 12.0. The van der Waals surface area contributed by atoms with Crippen LogP contribution in [0.5, 0.6) is 11.5 Å². The first-order chi connectivity index (χ1) is 13.2. The Balaban J connectivity index is 1.42. The first-order valence-corrected chi connectivity index (χ1v) is 9.06. The predicted molar refractivity (Wildman–Crippen MR) is 104 cm³/mol. The molecule has 0 bridgehead atoms. The number of anilines is 1. The van der Waals surface area contributed by atoms with Gasteiger partial charge >= 0.3 is 11.8 Å². The second-order valence-electron chi connectivity index (χ2n) is 6.24. The highest BCUT2D eigenvalue weighted by Gasteiger charge is 2.14. The molecule has 142 valence electrons. The van der Waals surface area contributed by atoms with Gasteiger partial charge in [0, 0.05) is 45.0 Å². The molecular formula is C20H24N4O3. The standard InChI is InChI=1S/C20H24N4O3/c25-19(22-12-15-24-13-10-21-11-14-24)20(26)23-16-6-8-18(9-7-16)27-17-4-2-1-3-5-17/h1-9,21H,10-15H2,(H,22,25)(H,23,26). The van der Waals surface area contributed by atoms with Crippen LogP contribution < -0.4 is 20.7 Å². The Morgan fingerprint density at radius 3 is 2.30 bits per heavy atom. The second kappa shape index (κ2) is 9.70. The molecule has 1 aliphatic heterocycles. The molecule has 0 saturated carbocycles. The lowest BCUT2D eigenvalue weighted by Gasteiger charge is -2.26. The largest absolute Gasteiger partial charge is 0.457 e. The molecule has 2 aromatic carbocycles. The van der Waals surface area contributed by atoms with Crippen LogP contribution in [0.2, 0.25) is 0 Å². The van der Waals surface area contributed by atoms with E-state index < -0.39 is 11.8 Å². The number of rotatable bonds is 6. The third-order valence-corrected chi connectivity index (χ3v) is 4.22. The van der Waals surface area contributed by atoms with E-state index in [9.17, 15) is 9.59 Å². The zero-order valence-corrected chi connectivity index (χ0v) is 15.1. The molecule has 3 N–H and O–H groups in total. The molecule has 0 atom stereocenters. The lowest BCUT2D eigenvalue weighted by atomic mass is 10.3. The van der Waals surface area contributed by atoms with Gasteiger partial charge in [-0.15, -0.1) is 0 Å². The third kappa shape index (κ3) is 6.09. The van der Waals surface area contributed by atoms with E-state index >= 15 is 0 Å². The average molecular weight is 368 g/mol. The minimum Gasteiger partial charge on any atom is -0.457 e. The van der Waals surface area contributed by atoms with Crippen LogP contribution in [0, 0.1) is 0 Å². The minimum absolute atomic E-state index is 0.454. The third-order valence-electron chi connectivity index (χ3n) is 4.22. The first kappa shape index (κ1) is 18.9. The van der Waals surface area contributed by atoms with E-state index in [1.807, 2.05) is 30.3 Å². The fourth-order valence-electron chi connectivity index (χ4n) is 2.76. The number of ether oxygens (including phenoxy) is 1. The number of benzene rings is 2. The van der Waals surface area contributed by atoms with Crippen LogP contribution in [0.15, 0.2) is 54.6 Å². The molecule has 2 aromatic rings. The van der Waals surface area contributed by atoms with Crippen LogP contribution in [0.25, 0.3) is 0 Å². The average Bonchev–Trinajstić information content (AvgIpc) is 2.71. The molecule has 1 fully saturated rings. The van der Waals surface area contributed by atoms with Gasteiger partial charge in [-0.2, -0.15) is 0 Å². The summed E-state index contributed by atoms with van der Waals surface area (Å²) in [5, 5.41) is 8.52. The summed E-state index contributed by atoms with van der Waals surface area (Å²) in [5.41, 5.74) is 0.540. The molecule has 1 aliphatic rings. The lowest BCUT2D eigenvalue weighted by Crippen LogP contribution is -2.47. The van der Waals surface area contributed by atoms with Gasteiger partial charge in [0.2, 0.25) is 0 Å².